The molecule has 1 aliphatic heterocycles. The molecule has 1 fully saturated rings. The van der Waals surface area contributed by atoms with Crippen molar-refractivity contribution in [3.05, 3.63) is 122 Å². The molecule has 85 heavy (non-hydrogen) atoms. The fourth-order valence-electron chi connectivity index (χ4n) is 9.96. The van der Waals surface area contributed by atoms with Crippen LogP contribution in [0.25, 0.3) is 0 Å². The second-order valence-electron chi connectivity index (χ2n) is 23.2. The number of aliphatic hydroxyl groups excluding tert-OH is 5. The van der Waals surface area contributed by atoms with E-state index in [4.69, 9.17) is 14.2 Å². The lowest BCUT2D eigenvalue weighted by Crippen LogP contribution is -2.61. The molecule has 0 aromatic carbocycles. The molecule has 0 spiro atoms. The number of hydrogen-bond donors (Lipinski definition) is 6. The Bertz CT molecular complexity index is 1850. The Labute approximate surface area is 519 Å². The molecule has 11 heteroatoms. The van der Waals surface area contributed by atoms with Crippen LogP contribution in [0.15, 0.2) is 122 Å². The molecule has 0 saturated carbocycles. The number of esters is 1. The summed E-state index contributed by atoms with van der Waals surface area (Å²) in [7, 11) is 0. The zero-order chi connectivity index (χ0) is 61.7. The number of nitrogens with one attached hydrogen (secondary N) is 1. The van der Waals surface area contributed by atoms with Crippen molar-refractivity contribution in [1.29, 1.82) is 0 Å². The van der Waals surface area contributed by atoms with Gasteiger partial charge in [-0.15, -0.1) is 0 Å². The van der Waals surface area contributed by atoms with Gasteiger partial charge < -0.3 is 45.1 Å². The van der Waals surface area contributed by atoms with Gasteiger partial charge >= 0.3 is 5.97 Å². The number of allylic oxidation sites excluding steroid dienone is 19. The van der Waals surface area contributed by atoms with E-state index in [2.05, 4.69) is 129 Å². The highest BCUT2D eigenvalue weighted by Crippen LogP contribution is 2.26. The maximum Gasteiger partial charge on any atom is 0.306 e. The van der Waals surface area contributed by atoms with Gasteiger partial charge in [0.05, 0.1) is 25.4 Å². The van der Waals surface area contributed by atoms with Crippen molar-refractivity contribution in [1.82, 2.24) is 5.32 Å². The van der Waals surface area contributed by atoms with E-state index in [1.54, 1.807) is 6.08 Å². The molecular formula is C74H125NO10. The molecule has 0 radical (unpaired) electrons. The first-order valence-corrected chi connectivity index (χ1v) is 34.3. The third-order valence-electron chi connectivity index (χ3n) is 15.3. The maximum absolute atomic E-state index is 13.5. The lowest BCUT2D eigenvalue weighted by molar-refractivity contribution is -0.305. The number of hydrogen-bond acceptors (Lipinski definition) is 10. The van der Waals surface area contributed by atoms with Crippen LogP contribution in [0, 0.1) is 0 Å². The number of aliphatic hydroxyl groups is 5. The third kappa shape index (κ3) is 47.8. The second kappa shape index (κ2) is 60.3. The van der Waals surface area contributed by atoms with Crippen LogP contribution < -0.4 is 5.32 Å². The normalized spacial score (nSPS) is 19.2. The van der Waals surface area contributed by atoms with Crippen molar-refractivity contribution in [2.24, 2.45) is 0 Å². The predicted octanol–water partition coefficient (Wildman–Crippen LogP) is 17.4. The van der Waals surface area contributed by atoms with Crippen LogP contribution in [0.4, 0.5) is 0 Å². The van der Waals surface area contributed by atoms with E-state index in [1.807, 2.05) is 12.2 Å². The SMILES string of the molecule is CC/C=C\C/C=C\C/C=C\C/C=C\C/C=C\CCCCCCCCCCCCC(O)C(=O)NC(COC1OC(CO)C(O)C(O)C1OC(=O)CCC/C=C\C/C=C\C/C=C\C/C=C\CCCCC)C(O)/C=C/CCCCCCCCCCCCC. The second-order valence-corrected chi connectivity index (χ2v) is 23.2. The van der Waals surface area contributed by atoms with Crippen molar-refractivity contribution in [3.8, 4) is 0 Å². The number of ether oxygens (including phenoxy) is 3. The largest absolute Gasteiger partial charge is 0.454 e. The minimum Gasteiger partial charge on any atom is -0.454 e. The van der Waals surface area contributed by atoms with E-state index in [-0.39, 0.29) is 19.4 Å². The Hall–Kier alpha value is -3.94. The average Bonchev–Trinajstić information content (AvgIpc) is 3.22. The Kier molecular flexibility index (Phi) is 56.1. The lowest BCUT2D eigenvalue weighted by atomic mass is 9.99. The molecule has 0 aromatic rings. The third-order valence-corrected chi connectivity index (χ3v) is 15.3. The van der Waals surface area contributed by atoms with Gasteiger partial charge in [0.2, 0.25) is 5.91 Å². The summed E-state index contributed by atoms with van der Waals surface area (Å²) in [4.78, 5) is 26.6. The van der Waals surface area contributed by atoms with Gasteiger partial charge in [-0.1, -0.05) is 277 Å². The molecule has 0 bridgehead atoms. The van der Waals surface area contributed by atoms with Crippen molar-refractivity contribution < 1.29 is 49.3 Å². The molecule has 6 N–H and O–H groups in total. The molecule has 486 valence electrons. The minimum atomic E-state index is -1.64. The molecule has 11 nitrogen and oxygen atoms in total. The van der Waals surface area contributed by atoms with Crippen LogP contribution in [0.1, 0.15) is 271 Å². The molecule has 1 saturated heterocycles. The monoisotopic (exact) mass is 1190 g/mol. The van der Waals surface area contributed by atoms with Gasteiger partial charge in [0.25, 0.3) is 0 Å². The van der Waals surface area contributed by atoms with Gasteiger partial charge in [0.1, 0.15) is 24.4 Å². The molecular weight excluding hydrogens is 1060 g/mol. The van der Waals surface area contributed by atoms with Crippen LogP contribution in [0.3, 0.4) is 0 Å². The molecule has 0 aromatic heterocycles. The van der Waals surface area contributed by atoms with Crippen molar-refractivity contribution >= 4 is 11.9 Å². The highest BCUT2D eigenvalue weighted by molar-refractivity contribution is 5.80. The molecule has 8 atom stereocenters. The summed E-state index contributed by atoms with van der Waals surface area (Å²) in [5.74, 6) is -1.26. The minimum absolute atomic E-state index is 0.0423. The van der Waals surface area contributed by atoms with E-state index in [1.165, 1.54) is 109 Å². The summed E-state index contributed by atoms with van der Waals surface area (Å²) in [6.45, 7) is 5.63. The van der Waals surface area contributed by atoms with Gasteiger partial charge in [-0.3, -0.25) is 9.59 Å². The summed E-state index contributed by atoms with van der Waals surface area (Å²) in [5.41, 5.74) is 0. The van der Waals surface area contributed by atoms with Crippen LogP contribution in [0.5, 0.6) is 0 Å². The van der Waals surface area contributed by atoms with E-state index in [0.29, 0.717) is 19.3 Å². The summed E-state index contributed by atoms with van der Waals surface area (Å²) in [6, 6.07) is -1.05. The zero-order valence-corrected chi connectivity index (χ0v) is 53.9. The molecule has 0 aliphatic carbocycles. The van der Waals surface area contributed by atoms with E-state index < -0.39 is 67.4 Å². The highest BCUT2D eigenvalue weighted by Gasteiger charge is 2.47. The number of carbonyl (C=O) groups excluding carboxylic acids is 2. The molecule has 8 unspecified atom stereocenters. The first-order valence-electron chi connectivity index (χ1n) is 34.3. The molecule has 1 amide bonds. The average molecular weight is 1190 g/mol. The summed E-state index contributed by atoms with van der Waals surface area (Å²) >= 11 is 0. The number of rotatable bonds is 57. The Balaban J connectivity index is 2.64. The standard InChI is InChI=1S/C74H125NO10/c1-4-7-10-13-16-19-22-25-27-29-30-31-32-33-34-35-36-37-39-40-43-46-49-52-55-58-61-67(78)73(82)75-65(66(77)60-57-54-51-48-45-42-24-21-18-15-12-9-6-3)64-83-74-72(71(81)70(80)68(63-76)84-74)85-69(79)62-59-56-53-50-47-44-41-38-28-26-23-20-17-14-11-8-5-2/h7,10,16-17,19-20,25-28,30-31,33-34,41,44,50,53,57,60,65-68,70-72,74,76-78,80-81H,4-6,8-9,11-15,18,21-24,29,32,35-40,42-43,45-49,51-52,54-56,58-59,61-64H2,1-3H3,(H,75,82)/b10-7-,19-16-,20-17-,27-25-,28-26-,31-30-,34-33-,44-41-,53-50-,60-57+. The smallest absolute Gasteiger partial charge is 0.306 e. The van der Waals surface area contributed by atoms with Gasteiger partial charge in [0, 0.05) is 6.42 Å². The quantitative estimate of drug-likeness (QED) is 0.0195. The van der Waals surface area contributed by atoms with Crippen molar-refractivity contribution in [3.63, 3.8) is 0 Å². The van der Waals surface area contributed by atoms with Crippen LogP contribution in [0.2, 0.25) is 0 Å². The number of carbonyl (C=O) groups is 2. The van der Waals surface area contributed by atoms with Crippen LogP contribution >= 0.6 is 0 Å². The van der Waals surface area contributed by atoms with Gasteiger partial charge in [-0.25, -0.2) is 0 Å². The lowest BCUT2D eigenvalue weighted by Gasteiger charge is -2.41. The summed E-state index contributed by atoms with van der Waals surface area (Å²) in [5, 5.41) is 57.2. The fourth-order valence-corrected chi connectivity index (χ4v) is 9.96. The van der Waals surface area contributed by atoms with E-state index >= 15 is 0 Å². The van der Waals surface area contributed by atoms with Crippen molar-refractivity contribution in [2.45, 2.75) is 320 Å². The predicted molar refractivity (Wildman–Crippen MR) is 356 cm³/mol. The van der Waals surface area contributed by atoms with Gasteiger partial charge in [-0.05, 0) is 109 Å². The Morgan fingerprint density at radius 3 is 1.29 bits per heavy atom. The summed E-state index contributed by atoms with van der Waals surface area (Å²) < 4.78 is 17.6. The molecule has 1 heterocycles. The van der Waals surface area contributed by atoms with Gasteiger partial charge in [-0.2, -0.15) is 0 Å². The van der Waals surface area contributed by atoms with Crippen molar-refractivity contribution in [2.75, 3.05) is 13.2 Å². The Morgan fingerprint density at radius 1 is 0.471 bits per heavy atom. The van der Waals surface area contributed by atoms with E-state index in [9.17, 15) is 35.1 Å². The first kappa shape index (κ1) is 79.1. The van der Waals surface area contributed by atoms with Crippen LogP contribution in [-0.2, 0) is 23.8 Å². The Morgan fingerprint density at radius 2 is 0.847 bits per heavy atom. The maximum atomic E-state index is 13.5. The highest BCUT2D eigenvalue weighted by atomic mass is 16.7. The summed E-state index contributed by atoms with van der Waals surface area (Å²) in [6.07, 6.45) is 73.8. The van der Waals surface area contributed by atoms with Gasteiger partial charge in [0.15, 0.2) is 12.4 Å². The number of amides is 1. The van der Waals surface area contributed by atoms with Crippen LogP contribution in [-0.4, -0.2) is 99.6 Å². The fraction of sp³-hybridized carbons (Fsp3) is 0.703. The zero-order valence-electron chi connectivity index (χ0n) is 53.9. The molecule has 1 aliphatic rings. The first-order chi connectivity index (χ1) is 41.7. The molecule has 1 rings (SSSR count). The topological polar surface area (TPSA) is 175 Å². The number of unbranched alkanes of at least 4 members (excludes halogenated alkanes) is 25. The van der Waals surface area contributed by atoms with E-state index in [0.717, 1.165) is 109 Å².